The number of nitrogens with one attached hydrogen (secondary N) is 1. The number of hydrogen-bond donors (Lipinski definition) is 1. The van der Waals surface area contributed by atoms with E-state index in [1.807, 2.05) is 0 Å². The zero-order chi connectivity index (χ0) is 14.0. The molecule has 1 aromatic rings. The number of hydrogen-bond acceptors (Lipinski definition) is 1. The van der Waals surface area contributed by atoms with Gasteiger partial charge in [0.1, 0.15) is 0 Å². The fourth-order valence-corrected chi connectivity index (χ4v) is 3.68. The fraction of sp³-hybridized carbons (Fsp3) is 0.667. The van der Waals surface area contributed by atoms with Crippen LogP contribution in [0.4, 0.5) is 0 Å². The lowest BCUT2D eigenvalue weighted by atomic mass is 9.67. The number of aryl methyl sites for hydroxylation is 3. The summed E-state index contributed by atoms with van der Waals surface area (Å²) in [7, 11) is 0. The Morgan fingerprint density at radius 1 is 1.16 bits per heavy atom. The van der Waals surface area contributed by atoms with Crippen molar-refractivity contribution in [1.82, 2.24) is 5.32 Å². The maximum Gasteiger partial charge on any atom is 0.0297 e. The Kier molecular flexibility index (Phi) is 4.35. The highest BCUT2D eigenvalue weighted by Gasteiger charge is 2.35. The Morgan fingerprint density at radius 3 is 2.16 bits per heavy atom. The van der Waals surface area contributed by atoms with Gasteiger partial charge < -0.3 is 5.32 Å². The van der Waals surface area contributed by atoms with Crippen LogP contribution in [0.25, 0.3) is 0 Å². The smallest absolute Gasteiger partial charge is 0.0297 e. The lowest BCUT2D eigenvalue weighted by molar-refractivity contribution is 0.120. The van der Waals surface area contributed by atoms with Crippen LogP contribution in [0.1, 0.15) is 67.8 Å². The van der Waals surface area contributed by atoms with Gasteiger partial charge in [-0.15, -0.1) is 0 Å². The predicted molar refractivity (Wildman–Crippen MR) is 83.6 cm³/mol. The summed E-state index contributed by atoms with van der Waals surface area (Å²) in [6.07, 6.45) is 5.56. The molecule has 1 atom stereocenters. The first kappa shape index (κ1) is 14.6. The molecule has 1 N–H and O–H groups in total. The van der Waals surface area contributed by atoms with Gasteiger partial charge >= 0.3 is 0 Å². The van der Waals surface area contributed by atoms with Gasteiger partial charge in [0.2, 0.25) is 0 Å². The van der Waals surface area contributed by atoms with E-state index in [0.717, 1.165) is 0 Å². The van der Waals surface area contributed by atoms with Crippen LogP contribution in [0.3, 0.4) is 0 Å². The minimum absolute atomic E-state index is 0.463. The molecule has 1 fully saturated rings. The van der Waals surface area contributed by atoms with Crippen LogP contribution in [0.5, 0.6) is 0 Å². The topological polar surface area (TPSA) is 12.0 Å². The molecule has 0 heterocycles. The zero-order valence-electron chi connectivity index (χ0n) is 13.3. The second-order valence-electron chi connectivity index (χ2n) is 6.62. The molecule has 0 amide bonds. The summed E-state index contributed by atoms with van der Waals surface area (Å²) in [4.78, 5) is 0. The van der Waals surface area contributed by atoms with Gasteiger partial charge in [0.15, 0.2) is 0 Å². The fourth-order valence-electron chi connectivity index (χ4n) is 3.68. The largest absolute Gasteiger partial charge is 0.310 e. The number of benzene rings is 1. The van der Waals surface area contributed by atoms with E-state index in [1.54, 1.807) is 0 Å². The SMILES string of the molecule is CCC1(CNC(C)c2c(C)cc(C)cc2C)CCC1. The Labute approximate surface area is 118 Å². The van der Waals surface area contributed by atoms with Gasteiger partial charge in [-0.05, 0) is 69.1 Å². The van der Waals surface area contributed by atoms with E-state index in [-0.39, 0.29) is 0 Å². The minimum atomic E-state index is 0.463. The van der Waals surface area contributed by atoms with Crippen LogP contribution in [0.15, 0.2) is 12.1 Å². The molecule has 0 aliphatic heterocycles. The highest BCUT2D eigenvalue weighted by Crippen LogP contribution is 2.43. The quantitative estimate of drug-likeness (QED) is 0.797. The highest BCUT2D eigenvalue weighted by atomic mass is 14.9. The van der Waals surface area contributed by atoms with Crippen molar-refractivity contribution in [3.05, 3.63) is 34.4 Å². The van der Waals surface area contributed by atoms with Crippen molar-refractivity contribution < 1.29 is 0 Å². The molecule has 1 heteroatoms. The molecule has 1 aliphatic rings. The average Bonchev–Trinajstić information content (AvgIpc) is 2.26. The van der Waals surface area contributed by atoms with Crippen LogP contribution < -0.4 is 5.32 Å². The van der Waals surface area contributed by atoms with Gasteiger partial charge in [-0.2, -0.15) is 0 Å². The van der Waals surface area contributed by atoms with Crippen LogP contribution in [0, 0.1) is 26.2 Å². The third-order valence-corrected chi connectivity index (χ3v) is 5.12. The average molecular weight is 259 g/mol. The molecule has 106 valence electrons. The first-order valence-corrected chi connectivity index (χ1v) is 7.78. The zero-order valence-corrected chi connectivity index (χ0v) is 13.3. The van der Waals surface area contributed by atoms with E-state index in [2.05, 4.69) is 52.1 Å². The molecule has 0 spiro atoms. The van der Waals surface area contributed by atoms with Crippen LogP contribution >= 0.6 is 0 Å². The summed E-state index contributed by atoms with van der Waals surface area (Å²) in [6, 6.07) is 5.07. The van der Waals surface area contributed by atoms with E-state index in [4.69, 9.17) is 0 Å². The van der Waals surface area contributed by atoms with E-state index < -0.39 is 0 Å². The lowest BCUT2D eigenvalue weighted by Crippen LogP contribution is -2.40. The van der Waals surface area contributed by atoms with Gasteiger partial charge in [-0.25, -0.2) is 0 Å². The summed E-state index contributed by atoms with van der Waals surface area (Å²) < 4.78 is 0. The molecule has 19 heavy (non-hydrogen) atoms. The molecule has 0 aromatic heterocycles. The van der Waals surface area contributed by atoms with Crippen LogP contribution in [-0.4, -0.2) is 6.54 Å². The molecule has 1 nitrogen and oxygen atoms in total. The highest BCUT2D eigenvalue weighted by molar-refractivity contribution is 5.39. The van der Waals surface area contributed by atoms with Crippen molar-refractivity contribution >= 4 is 0 Å². The summed E-state index contributed by atoms with van der Waals surface area (Å²) in [5.74, 6) is 0. The van der Waals surface area contributed by atoms with Crippen molar-refractivity contribution in [3.8, 4) is 0 Å². The van der Waals surface area contributed by atoms with Crippen LogP contribution in [0.2, 0.25) is 0 Å². The standard InChI is InChI=1S/C18H29N/c1-6-18(8-7-9-18)12-19-16(5)17-14(3)10-13(2)11-15(17)4/h10-11,16,19H,6-9,12H2,1-5H3. The Hall–Kier alpha value is -0.820. The van der Waals surface area contributed by atoms with Crippen molar-refractivity contribution in [3.63, 3.8) is 0 Å². The Balaban J connectivity index is 2.06. The van der Waals surface area contributed by atoms with Gasteiger partial charge in [0, 0.05) is 12.6 Å². The van der Waals surface area contributed by atoms with Gasteiger partial charge in [0.25, 0.3) is 0 Å². The van der Waals surface area contributed by atoms with Crippen LogP contribution in [-0.2, 0) is 0 Å². The van der Waals surface area contributed by atoms with E-state index in [0.29, 0.717) is 11.5 Å². The molecular weight excluding hydrogens is 230 g/mol. The van der Waals surface area contributed by atoms with Crippen molar-refractivity contribution in [2.75, 3.05) is 6.54 Å². The molecule has 1 saturated carbocycles. The van der Waals surface area contributed by atoms with E-state index in [9.17, 15) is 0 Å². The molecule has 0 saturated heterocycles. The molecule has 2 rings (SSSR count). The summed E-state index contributed by atoms with van der Waals surface area (Å²) in [5.41, 5.74) is 6.32. The maximum absolute atomic E-state index is 3.79. The Bertz CT molecular complexity index is 414. The number of rotatable bonds is 5. The monoisotopic (exact) mass is 259 g/mol. The van der Waals surface area contributed by atoms with E-state index in [1.165, 1.54) is 54.5 Å². The van der Waals surface area contributed by atoms with E-state index >= 15 is 0 Å². The summed E-state index contributed by atoms with van der Waals surface area (Å²) in [6.45, 7) is 12.5. The third kappa shape index (κ3) is 3.02. The van der Waals surface area contributed by atoms with Gasteiger partial charge in [-0.1, -0.05) is 31.0 Å². The molecular formula is C18H29N. The maximum atomic E-state index is 3.79. The van der Waals surface area contributed by atoms with Crippen molar-refractivity contribution in [2.24, 2.45) is 5.41 Å². The minimum Gasteiger partial charge on any atom is -0.310 e. The Morgan fingerprint density at radius 2 is 1.74 bits per heavy atom. The van der Waals surface area contributed by atoms with Gasteiger partial charge in [-0.3, -0.25) is 0 Å². The summed E-state index contributed by atoms with van der Waals surface area (Å²) >= 11 is 0. The lowest BCUT2D eigenvalue weighted by Gasteiger charge is -2.42. The second kappa shape index (κ2) is 5.66. The summed E-state index contributed by atoms with van der Waals surface area (Å²) in [5, 5.41) is 3.79. The molecule has 1 unspecified atom stereocenters. The van der Waals surface area contributed by atoms with Crippen molar-refractivity contribution in [1.29, 1.82) is 0 Å². The normalized spacial score (nSPS) is 19.0. The first-order chi connectivity index (χ1) is 8.97. The van der Waals surface area contributed by atoms with Gasteiger partial charge in [0.05, 0.1) is 0 Å². The molecule has 1 aromatic carbocycles. The molecule has 0 radical (unpaired) electrons. The predicted octanol–water partition coefficient (Wildman–Crippen LogP) is 4.84. The molecule has 0 bridgehead atoms. The first-order valence-electron chi connectivity index (χ1n) is 7.78. The third-order valence-electron chi connectivity index (χ3n) is 5.12. The second-order valence-corrected chi connectivity index (χ2v) is 6.62. The molecule has 1 aliphatic carbocycles. The van der Waals surface area contributed by atoms with Crippen molar-refractivity contribution in [2.45, 2.75) is 66.3 Å².